The van der Waals surface area contributed by atoms with Crippen molar-refractivity contribution >= 4 is 17.3 Å². The number of non-ortho nitro benzene ring substituents is 1. The molecule has 1 fully saturated rings. The summed E-state index contributed by atoms with van der Waals surface area (Å²) in [5.74, 6) is 1.23. The first-order valence-corrected chi connectivity index (χ1v) is 5.54. The molecule has 0 saturated heterocycles. The van der Waals surface area contributed by atoms with E-state index in [0.29, 0.717) is 16.7 Å². The maximum absolute atomic E-state index is 10.5. The number of rotatable bonds is 3. The normalized spacial score (nSPS) is 23.6. The minimum absolute atomic E-state index is 0.0145. The number of halogens is 1. The maximum atomic E-state index is 10.5. The summed E-state index contributed by atoms with van der Waals surface area (Å²) in [7, 11) is 0. The monoisotopic (exact) mass is 241 g/mol. The van der Waals surface area contributed by atoms with Gasteiger partial charge in [-0.2, -0.15) is 0 Å². The van der Waals surface area contributed by atoms with Crippen molar-refractivity contribution in [1.29, 1.82) is 0 Å². The van der Waals surface area contributed by atoms with Crippen LogP contribution in [0.5, 0.6) is 5.75 Å². The molecule has 1 aromatic carbocycles. The van der Waals surface area contributed by atoms with Crippen molar-refractivity contribution in [2.75, 3.05) is 0 Å². The first-order valence-electron chi connectivity index (χ1n) is 5.17. The molecule has 0 unspecified atom stereocenters. The van der Waals surface area contributed by atoms with Crippen LogP contribution >= 0.6 is 11.6 Å². The average molecular weight is 242 g/mol. The lowest BCUT2D eigenvalue weighted by molar-refractivity contribution is -0.384. The van der Waals surface area contributed by atoms with Gasteiger partial charge in [0.1, 0.15) is 5.75 Å². The van der Waals surface area contributed by atoms with Gasteiger partial charge in [-0.15, -0.1) is 0 Å². The van der Waals surface area contributed by atoms with Crippen LogP contribution in [0.25, 0.3) is 0 Å². The maximum Gasteiger partial charge on any atom is 0.271 e. The second-order valence-electron chi connectivity index (χ2n) is 4.19. The Bertz CT molecular complexity index is 416. The van der Waals surface area contributed by atoms with Crippen molar-refractivity contribution in [3.8, 4) is 5.75 Å². The van der Waals surface area contributed by atoms with Gasteiger partial charge in [0.25, 0.3) is 5.69 Å². The van der Waals surface area contributed by atoms with Crippen LogP contribution in [0.15, 0.2) is 18.2 Å². The Morgan fingerprint density at radius 1 is 1.50 bits per heavy atom. The van der Waals surface area contributed by atoms with Crippen molar-refractivity contribution in [1.82, 2.24) is 0 Å². The summed E-state index contributed by atoms with van der Waals surface area (Å²) < 4.78 is 5.63. The van der Waals surface area contributed by atoms with Gasteiger partial charge < -0.3 is 4.74 Å². The fourth-order valence-corrected chi connectivity index (χ4v) is 2.02. The smallest absolute Gasteiger partial charge is 0.271 e. The summed E-state index contributed by atoms with van der Waals surface area (Å²) in [6.07, 6.45) is 2.25. The average Bonchev–Trinajstić information content (AvgIpc) is 2.18. The summed E-state index contributed by atoms with van der Waals surface area (Å²) >= 11 is 5.91. The predicted molar refractivity (Wildman–Crippen MR) is 60.9 cm³/mol. The molecule has 1 aromatic rings. The molecule has 0 bridgehead atoms. The lowest BCUT2D eigenvalue weighted by Gasteiger charge is -2.33. The van der Waals surface area contributed by atoms with Gasteiger partial charge in [0.05, 0.1) is 16.0 Å². The molecule has 0 atom stereocenters. The van der Waals surface area contributed by atoms with Crippen molar-refractivity contribution in [2.45, 2.75) is 25.9 Å². The lowest BCUT2D eigenvalue weighted by Crippen LogP contribution is -2.31. The Kier molecular flexibility index (Phi) is 3.01. The van der Waals surface area contributed by atoms with E-state index in [1.807, 2.05) is 0 Å². The Labute approximate surface area is 98.3 Å². The third-order valence-electron chi connectivity index (χ3n) is 2.75. The van der Waals surface area contributed by atoms with Crippen LogP contribution in [0.4, 0.5) is 5.69 Å². The van der Waals surface area contributed by atoms with Gasteiger partial charge in [-0.25, -0.2) is 0 Å². The molecule has 2 rings (SSSR count). The Balaban J connectivity index is 2.07. The first kappa shape index (κ1) is 11.2. The SMILES string of the molecule is CC1CC(Oc2ccc([N+](=O)[O-])cc2Cl)C1. The Morgan fingerprint density at radius 2 is 2.19 bits per heavy atom. The number of ether oxygens (including phenoxy) is 1. The second-order valence-corrected chi connectivity index (χ2v) is 4.60. The zero-order valence-corrected chi connectivity index (χ0v) is 9.61. The predicted octanol–water partition coefficient (Wildman–Crippen LogP) is 3.43. The molecule has 0 amide bonds. The highest BCUT2D eigenvalue weighted by atomic mass is 35.5. The molecule has 0 heterocycles. The van der Waals surface area contributed by atoms with Crippen molar-refractivity contribution in [3.63, 3.8) is 0 Å². The number of nitro groups is 1. The molecule has 86 valence electrons. The van der Waals surface area contributed by atoms with Crippen molar-refractivity contribution in [3.05, 3.63) is 33.3 Å². The van der Waals surface area contributed by atoms with Crippen molar-refractivity contribution < 1.29 is 9.66 Å². The molecule has 0 aliphatic heterocycles. The van der Waals surface area contributed by atoms with E-state index in [4.69, 9.17) is 16.3 Å². The van der Waals surface area contributed by atoms with E-state index in [1.54, 1.807) is 6.07 Å². The van der Waals surface area contributed by atoms with Gasteiger partial charge in [-0.3, -0.25) is 10.1 Å². The molecule has 0 radical (unpaired) electrons. The van der Waals surface area contributed by atoms with Gasteiger partial charge >= 0.3 is 0 Å². The second kappa shape index (κ2) is 4.29. The minimum atomic E-state index is -0.471. The van der Waals surface area contributed by atoms with Gasteiger partial charge in [0.2, 0.25) is 0 Å². The molecule has 1 saturated carbocycles. The van der Waals surface area contributed by atoms with Crippen LogP contribution in [-0.2, 0) is 0 Å². The van der Waals surface area contributed by atoms with E-state index >= 15 is 0 Å². The number of nitro benzene ring substituents is 1. The van der Waals surface area contributed by atoms with E-state index in [9.17, 15) is 10.1 Å². The summed E-state index contributed by atoms with van der Waals surface area (Å²) in [6, 6.07) is 4.28. The zero-order valence-electron chi connectivity index (χ0n) is 8.85. The minimum Gasteiger partial charge on any atom is -0.489 e. The van der Waals surface area contributed by atoms with E-state index in [1.165, 1.54) is 12.1 Å². The van der Waals surface area contributed by atoms with Crippen LogP contribution in [0.1, 0.15) is 19.8 Å². The van der Waals surface area contributed by atoms with Gasteiger partial charge in [-0.05, 0) is 24.8 Å². The Morgan fingerprint density at radius 3 is 2.69 bits per heavy atom. The Hall–Kier alpha value is -1.29. The molecule has 0 spiro atoms. The number of benzene rings is 1. The van der Waals surface area contributed by atoms with E-state index in [2.05, 4.69) is 6.92 Å². The molecule has 0 aromatic heterocycles. The largest absolute Gasteiger partial charge is 0.489 e. The highest BCUT2D eigenvalue weighted by Gasteiger charge is 2.27. The van der Waals surface area contributed by atoms with Gasteiger partial charge in [0, 0.05) is 12.1 Å². The fourth-order valence-electron chi connectivity index (χ4n) is 1.80. The molecule has 16 heavy (non-hydrogen) atoms. The standard InChI is InChI=1S/C11H12ClNO3/c1-7-4-9(5-7)16-11-3-2-8(13(14)15)6-10(11)12/h2-3,6-7,9H,4-5H2,1H3. The van der Waals surface area contributed by atoms with Crippen LogP contribution < -0.4 is 4.74 Å². The topological polar surface area (TPSA) is 52.4 Å². The lowest BCUT2D eigenvalue weighted by atomic mass is 9.84. The number of nitrogens with zero attached hydrogens (tertiary/aromatic N) is 1. The highest BCUT2D eigenvalue weighted by Crippen LogP contribution is 2.35. The molecule has 5 heteroatoms. The summed E-state index contributed by atoms with van der Waals surface area (Å²) in [4.78, 5) is 10.0. The molecular formula is C11H12ClNO3. The van der Waals surface area contributed by atoms with E-state index < -0.39 is 4.92 Å². The van der Waals surface area contributed by atoms with Crippen LogP contribution in [0.2, 0.25) is 5.02 Å². The highest BCUT2D eigenvalue weighted by molar-refractivity contribution is 6.32. The van der Waals surface area contributed by atoms with Gasteiger partial charge in [-0.1, -0.05) is 18.5 Å². The first-order chi connectivity index (χ1) is 7.56. The van der Waals surface area contributed by atoms with E-state index in [0.717, 1.165) is 12.8 Å². The zero-order chi connectivity index (χ0) is 11.7. The fraction of sp³-hybridized carbons (Fsp3) is 0.455. The molecule has 4 nitrogen and oxygen atoms in total. The van der Waals surface area contributed by atoms with Gasteiger partial charge in [0.15, 0.2) is 0 Å². The molecule has 1 aliphatic carbocycles. The summed E-state index contributed by atoms with van der Waals surface area (Å²) in [6.45, 7) is 2.16. The molecule has 1 aliphatic rings. The number of hydrogen-bond donors (Lipinski definition) is 0. The van der Waals surface area contributed by atoms with Crippen molar-refractivity contribution in [2.24, 2.45) is 5.92 Å². The molecule has 0 N–H and O–H groups in total. The third kappa shape index (κ3) is 2.27. The van der Waals surface area contributed by atoms with Crippen LogP contribution in [0, 0.1) is 16.0 Å². The quantitative estimate of drug-likeness (QED) is 0.602. The summed E-state index contributed by atoms with van der Waals surface area (Å²) in [5.41, 5.74) is -0.0145. The van der Waals surface area contributed by atoms with Crippen LogP contribution in [0.3, 0.4) is 0 Å². The third-order valence-corrected chi connectivity index (χ3v) is 3.05. The van der Waals surface area contributed by atoms with E-state index in [-0.39, 0.29) is 11.8 Å². The molecular weight excluding hydrogens is 230 g/mol. The summed E-state index contributed by atoms with van der Waals surface area (Å²) in [5, 5.41) is 10.8. The van der Waals surface area contributed by atoms with Crippen LogP contribution in [-0.4, -0.2) is 11.0 Å². The number of hydrogen-bond acceptors (Lipinski definition) is 3.